The van der Waals surface area contributed by atoms with Crippen LogP contribution in [-0.4, -0.2) is 39.0 Å². The van der Waals surface area contributed by atoms with E-state index in [9.17, 15) is 4.79 Å². The van der Waals surface area contributed by atoms with E-state index in [0.29, 0.717) is 11.7 Å². The first-order valence-electron chi connectivity index (χ1n) is 7.29. The van der Waals surface area contributed by atoms with Gasteiger partial charge in [-0.2, -0.15) is 10.2 Å². The van der Waals surface area contributed by atoms with E-state index in [1.807, 2.05) is 17.8 Å². The number of carbonyl (C=O) groups excluding carboxylic acids is 1. The highest BCUT2D eigenvalue weighted by Gasteiger charge is 2.19. The number of amides is 1. The van der Waals surface area contributed by atoms with E-state index in [1.54, 1.807) is 18.5 Å². The van der Waals surface area contributed by atoms with Gasteiger partial charge in [0.1, 0.15) is 5.69 Å². The third-order valence-corrected chi connectivity index (χ3v) is 3.85. The van der Waals surface area contributed by atoms with Crippen LogP contribution in [0.5, 0.6) is 0 Å². The summed E-state index contributed by atoms with van der Waals surface area (Å²) in [5, 5.41) is 17.3. The Bertz CT molecular complexity index is 584. The predicted octanol–water partition coefficient (Wildman–Crippen LogP) is 1.02. The van der Waals surface area contributed by atoms with E-state index < -0.39 is 0 Å². The molecule has 3 N–H and O–H groups in total. The molecule has 2 aromatic rings. The Morgan fingerprint density at radius 2 is 2.48 bits per heavy atom. The van der Waals surface area contributed by atoms with Crippen molar-refractivity contribution in [3.05, 3.63) is 35.9 Å². The second kappa shape index (κ2) is 6.09. The van der Waals surface area contributed by atoms with Crippen LogP contribution < -0.4 is 10.6 Å². The number of hydrogen-bond acceptors (Lipinski definition) is 4. The Morgan fingerprint density at radius 1 is 1.57 bits per heavy atom. The Hall–Kier alpha value is -2.15. The zero-order valence-electron chi connectivity index (χ0n) is 12.0. The number of carbonyl (C=O) groups is 1. The number of rotatable bonds is 4. The van der Waals surface area contributed by atoms with Gasteiger partial charge in [-0.1, -0.05) is 0 Å². The minimum absolute atomic E-state index is 0.0993. The molecule has 1 aliphatic heterocycles. The third-order valence-electron chi connectivity index (χ3n) is 3.85. The SMILES string of the molecule is CC(NC(=O)c1ccn(C2CCCNC2)n1)c1cn[nH]c1. The van der Waals surface area contributed by atoms with Crippen molar-refractivity contribution in [1.82, 2.24) is 30.6 Å². The summed E-state index contributed by atoms with van der Waals surface area (Å²) in [5.74, 6) is -0.161. The highest BCUT2D eigenvalue weighted by atomic mass is 16.2. The monoisotopic (exact) mass is 288 g/mol. The molecule has 0 bridgehead atoms. The van der Waals surface area contributed by atoms with Crippen molar-refractivity contribution < 1.29 is 4.79 Å². The van der Waals surface area contributed by atoms with Gasteiger partial charge in [-0.15, -0.1) is 0 Å². The maximum Gasteiger partial charge on any atom is 0.272 e. The van der Waals surface area contributed by atoms with E-state index >= 15 is 0 Å². The largest absolute Gasteiger partial charge is 0.344 e. The molecule has 3 rings (SSSR count). The first-order chi connectivity index (χ1) is 10.2. The molecule has 0 aliphatic carbocycles. The minimum atomic E-state index is -0.161. The molecule has 7 nitrogen and oxygen atoms in total. The van der Waals surface area contributed by atoms with Crippen LogP contribution in [0.2, 0.25) is 0 Å². The van der Waals surface area contributed by atoms with Gasteiger partial charge >= 0.3 is 0 Å². The normalized spacial score (nSPS) is 20.1. The van der Waals surface area contributed by atoms with E-state index in [1.165, 1.54) is 0 Å². The molecule has 1 amide bonds. The summed E-state index contributed by atoms with van der Waals surface area (Å²) < 4.78 is 1.89. The molecule has 0 spiro atoms. The molecule has 7 heteroatoms. The number of aromatic amines is 1. The molecule has 2 atom stereocenters. The van der Waals surface area contributed by atoms with Gasteiger partial charge in [0.05, 0.1) is 18.3 Å². The number of piperidine rings is 1. The second-order valence-electron chi connectivity index (χ2n) is 5.41. The molecule has 1 aliphatic rings. The van der Waals surface area contributed by atoms with Gasteiger partial charge < -0.3 is 10.6 Å². The lowest BCUT2D eigenvalue weighted by Gasteiger charge is -2.22. The maximum absolute atomic E-state index is 12.2. The Kier molecular flexibility index (Phi) is 4.01. The van der Waals surface area contributed by atoms with Crippen LogP contribution in [0, 0.1) is 0 Å². The van der Waals surface area contributed by atoms with Crippen LogP contribution in [0.15, 0.2) is 24.7 Å². The van der Waals surface area contributed by atoms with Crippen LogP contribution in [-0.2, 0) is 0 Å². The molecule has 112 valence electrons. The van der Waals surface area contributed by atoms with Crippen molar-refractivity contribution in [3.8, 4) is 0 Å². The van der Waals surface area contributed by atoms with Gasteiger partial charge in [-0.05, 0) is 32.4 Å². The van der Waals surface area contributed by atoms with Crippen LogP contribution in [0.4, 0.5) is 0 Å². The van der Waals surface area contributed by atoms with E-state index in [0.717, 1.165) is 31.5 Å². The van der Waals surface area contributed by atoms with Crippen molar-refractivity contribution in [2.24, 2.45) is 0 Å². The predicted molar refractivity (Wildman–Crippen MR) is 77.8 cm³/mol. The first kappa shape index (κ1) is 13.8. The van der Waals surface area contributed by atoms with Crippen LogP contribution in [0.3, 0.4) is 0 Å². The van der Waals surface area contributed by atoms with Gasteiger partial charge in [0.15, 0.2) is 0 Å². The minimum Gasteiger partial charge on any atom is -0.344 e. The quantitative estimate of drug-likeness (QED) is 0.784. The average molecular weight is 288 g/mol. The number of H-pyrrole nitrogens is 1. The van der Waals surface area contributed by atoms with Crippen LogP contribution >= 0.6 is 0 Å². The fourth-order valence-electron chi connectivity index (χ4n) is 2.57. The molecule has 0 saturated carbocycles. The van der Waals surface area contributed by atoms with Crippen LogP contribution in [0.1, 0.15) is 47.9 Å². The number of hydrogen-bond donors (Lipinski definition) is 3. The zero-order valence-corrected chi connectivity index (χ0v) is 12.0. The van der Waals surface area contributed by atoms with Crippen LogP contribution in [0.25, 0.3) is 0 Å². The molecular formula is C14H20N6O. The first-order valence-corrected chi connectivity index (χ1v) is 7.29. The summed E-state index contributed by atoms with van der Waals surface area (Å²) in [6.45, 7) is 3.90. The van der Waals surface area contributed by atoms with Gasteiger partial charge in [0.25, 0.3) is 5.91 Å². The highest BCUT2D eigenvalue weighted by molar-refractivity contribution is 5.92. The lowest BCUT2D eigenvalue weighted by molar-refractivity contribution is 0.0933. The zero-order chi connectivity index (χ0) is 14.7. The van der Waals surface area contributed by atoms with Gasteiger partial charge in [-0.25, -0.2) is 0 Å². The van der Waals surface area contributed by atoms with Gasteiger partial charge in [0.2, 0.25) is 0 Å². The summed E-state index contributed by atoms with van der Waals surface area (Å²) in [7, 11) is 0. The molecule has 1 fully saturated rings. The van der Waals surface area contributed by atoms with Crippen molar-refractivity contribution >= 4 is 5.91 Å². The molecule has 21 heavy (non-hydrogen) atoms. The fraction of sp³-hybridized carbons (Fsp3) is 0.500. The summed E-state index contributed by atoms with van der Waals surface area (Å²) in [6.07, 6.45) is 7.61. The lowest BCUT2D eigenvalue weighted by atomic mass is 10.1. The summed E-state index contributed by atoms with van der Waals surface area (Å²) in [6, 6.07) is 2.01. The molecule has 2 aromatic heterocycles. The molecule has 0 aromatic carbocycles. The second-order valence-corrected chi connectivity index (χ2v) is 5.41. The smallest absolute Gasteiger partial charge is 0.272 e. The van der Waals surface area contributed by atoms with E-state index in [4.69, 9.17) is 0 Å². The Morgan fingerprint density at radius 3 is 3.19 bits per heavy atom. The number of nitrogens with one attached hydrogen (secondary N) is 3. The molecule has 1 saturated heterocycles. The lowest BCUT2D eigenvalue weighted by Crippen LogP contribution is -2.32. The van der Waals surface area contributed by atoms with E-state index in [-0.39, 0.29) is 11.9 Å². The Balaban J connectivity index is 1.63. The van der Waals surface area contributed by atoms with Crippen molar-refractivity contribution in [2.45, 2.75) is 31.8 Å². The van der Waals surface area contributed by atoms with Gasteiger partial charge in [-0.3, -0.25) is 14.6 Å². The van der Waals surface area contributed by atoms with Crippen molar-refractivity contribution in [1.29, 1.82) is 0 Å². The van der Waals surface area contributed by atoms with Gasteiger partial charge in [0, 0.05) is 24.5 Å². The third kappa shape index (κ3) is 3.13. The van der Waals surface area contributed by atoms with E-state index in [2.05, 4.69) is 25.9 Å². The molecule has 2 unspecified atom stereocenters. The van der Waals surface area contributed by atoms with Crippen molar-refractivity contribution in [2.75, 3.05) is 13.1 Å². The standard InChI is InChI=1S/C14H20N6O/c1-10(11-7-16-17-8-11)18-14(21)13-4-6-20(19-13)12-3-2-5-15-9-12/h4,6-8,10,12,15H,2-3,5,9H2,1H3,(H,16,17)(H,18,21). The fourth-order valence-corrected chi connectivity index (χ4v) is 2.57. The average Bonchev–Trinajstić information content (AvgIpc) is 3.20. The molecule has 0 radical (unpaired) electrons. The summed E-state index contributed by atoms with van der Waals surface area (Å²) >= 11 is 0. The Labute approximate surface area is 123 Å². The highest BCUT2D eigenvalue weighted by Crippen LogP contribution is 2.16. The molecular weight excluding hydrogens is 268 g/mol. The summed E-state index contributed by atoms with van der Waals surface area (Å²) in [5.41, 5.74) is 1.40. The number of aromatic nitrogens is 4. The number of nitrogens with zero attached hydrogens (tertiary/aromatic N) is 3. The molecule has 3 heterocycles. The van der Waals surface area contributed by atoms with Crippen molar-refractivity contribution in [3.63, 3.8) is 0 Å². The maximum atomic E-state index is 12.2. The topological polar surface area (TPSA) is 87.6 Å². The summed E-state index contributed by atoms with van der Waals surface area (Å²) in [4.78, 5) is 12.2.